The van der Waals surface area contributed by atoms with Gasteiger partial charge >= 0.3 is 5.97 Å². The summed E-state index contributed by atoms with van der Waals surface area (Å²) in [5, 5.41) is 0. The molecule has 0 spiro atoms. The molecular weight excluding hydrogens is 299 g/mol. The fourth-order valence-electron chi connectivity index (χ4n) is 2.56. The van der Waals surface area contributed by atoms with Crippen LogP contribution in [0.3, 0.4) is 0 Å². The molecule has 0 unspecified atom stereocenters. The van der Waals surface area contributed by atoms with Gasteiger partial charge in [-0.25, -0.2) is 4.39 Å². The molecule has 128 valence electrons. The maximum Gasteiger partial charge on any atom is 0.305 e. The van der Waals surface area contributed by atoms with Gasteiger partial charge in [-0.2, -0.15) is 0 Å². The van der Waals surface area contributed by atoms with E-state index < -0.39 is 5.79 Å². The van der Waals surface area contributed by atoms with E-state index in [-0.39, 0.29) is 17.2 Å². The maximum absolute atomic E-state index is 13.2. The topological polar surface area (TPSA) is 44.8 Å². The van der Waals surface area contributed by atoms with E-state index in [9.17, 15) is 9.18 Å². The van der Waals surface area contributed by atoms with Crippen molar-refractivity contribution in [2.75, 3.05) is 19.8 Å². The molecular formula is C18H25FO4. The van der Waals surface area contributed by atoms with Gasteiger partial charge in [-0.05, 0) is 25.5 Å². The van der Waals surface area contributed by atoms with E-state index in [1.54, 1.807) is 19.1 Å². The van der Waals surface area contributed by atoms with Gasteiger partial charge < -0.3 is 14.2 Å². The van der Waals surface area contributed by atoms with Crippen molar-refractivity contribution in [2.24, 2.45) is 5.41 Å². The highest BCUT2D eigenvalue weighted by Gasteiger charge is 2.41. The van der Waals surface area contributed by atoms with Crippen LogP contribution >= 0.6 is 0 Å². The van der Waals surface area contributed by atoms with Gasteiger partial charge in [-0.1, -0.05) is 26.0 Å². The number of carbonyl (C=O) groups is 1. The number of rotatable bonds is 6. The Hall–Kier alpha value is -1.46. The second-order valence-corrected chi connectivity index (χ2v) is 6.66. The summed E-state index contributed by atoms with van der Waals surface area (Å²) in [5.74, 6) is -1.44. The molecule has 1 saturated heterocycles. The van der Waals surface area contributed by atoms with Crippen LogP contribution in [0.5, 0.6) is 0 Å². The van der Waals surface area contributed by atoms with Crippen molar-refractivity contribution in [3.63, 3.8) is 0 Å². The summed E-state index contributed by atoms with van der Waals surface area (Å²) in [6.45, 7) is 7.39. The summed E-state index contributed by atoms with van der Waals surface area (Å²) >= 11 is 0. The smallest absolute Gasteiger partial charge is 0.305 e. The van der Waals surface area contributed by atoms with Crippen molar-refractivity contribution in [2.45, 2.75) is 45.8 Å². The van der Waals surface area contributed by atoms with E-state index >= 15 is 0 Å². The average Bonchev–Trinajstić information content (AvgIpc) is 2.50. The first-order chi connectivity index (χ1) is 10.9. The zero-order valence-corrected chi connectivity index (χ0v) is 14.1. The van der Waals surface area contributed by atoms with Gasteiger partial charge in [0.15, 0.2) is 5.79 Å². The molecule has 4 nitrogen and oxygen atoms in total. The Balaban J connectivity index is 2.09. The van der Waals surface area contributed by atoms with Crippen LogP contribution in [0.2, 0.25) is 0 Å². The Morgan fingerprint density at radius 2 is 1.83 bits per heavy atom. The van der Waals surface area contributed by atoms with E-state index in [0.717, 1.165) is 5.56 Å². The second-order valence-electron chi connectivity index (χ2n) is 6.66. The minimum absolute atomic E-state index is 0.0648. The first-order valence-electron chi connectivity index (χ1n) is 8.06. The van der Waals surface area contributed by atoms with Gasteiger partial charge in [0.05, 0.1) is 19.8 Å². The number of hydrogen-bond acceptors (Lipinski definition) is 4. The van der Waals surface area contributed by atoms with Crippen molar-refractivity contribution in [1.82, 2.24) is 0 Å². The number of carbonyl (C=O) groups excluding carboxylic acids is 1. The van der Waals surface area contributed by atoms with Crippen molar-refractivity contribution >= 4 is 5.97 Å². The minimum Gasteiger partial charge on any atom is -0.466 e. The highest BCUT2D eigenvalue weighted by molar-refractivity contribution is 5.69. The number of esters is 1. The van der Waals surface area contributed by atoms with Gasteiger partial charge in [0, 0.05) is 23.8 Å². The molecule has 1 aromatic rings. The molecule has 0 aromatic heterocycles. The Morgan fingerprint density at radius 1 is 1.22 bits per heavy atom. The summed E-state index contributed by atoms with van der Waals surface area (Å²) in [4.78, 5) is 11.5. The third-order valence-electron chi connectivity index (χ3n) is 3.87. The van der Waals surface area contributed by atoms with Crippen LogP contribution in [0.1, 0.15) is 45.6 Å². The van der Waals surface area contributed by atoms with Crippen LogP contribution in [0, 0.1) is 11.2 Å². The third kappa shape index (κ3) is 4.75. The lowest BCUT2D eigenvalue weighted by Crippen LogP contribution is -2.45. The second kappa shape index (κ2) is 7.41. The van der Waals surface area contributed by atoms with Gasteiger partial charge in [0.1, 0.15) is 5.82 Å². The van der Waals surface area contributed by atoms with Crippen LogP contribution in [-0.4, -0.2) is 25.8 Å². The summed E-state index contributed by atoms with van der Waals surface area (Å²) in [6, 6.07) is 6.15. The predicted molar refractivity (Wildman–Crippen MR) is 84.2 cm³/mol. The Labute approximate surface area is 136 Å². The van der Waals surface area contributed by atoms with Crippen LogP contribution in [0.4, 0.5) is 4.39 Å². The lowest BCUT2D eigenvalue weighted by molar-refractivity contribution is -0.311. The highest BCUT2D eigenvalue weighted by Crippen LogP contribution is 2.40. The number of ether oxygens (including phenoxy) is 3. The van der Waals surface area contributed by atoms with Crippen LogP contribution in [0.25, 0.3) is 0 Å². The Kier molecular flexibility index (Phi) is 5.76. The summed E-state index contributed by atoms with van der Waals surface area (Å²) < 4.78 is 30.3. The molecule has 23 heavy (non-hydrogen) atoms. The van der Waals surface area contributed by atoms with Crippen LogP contribution in [-0.2, 0) is 24.8 Å². The Morgan fingerprint density at radius 3 is 2.39 bits per heavy atom. The highest BCUT2D eigenvalue weighted by atomic mass is 19.1. The zero-order valence-electron chi connectivity index (χ0n) is 14.1. The summed E-state index contributed by atoms with van der Waals surface area (Å²) in [5.41, 5.74) is 0.711. The molecule has 0 amide bonds. The van der Waals surface area contributed by atoms with Gasteiger partial charge in [-0.15, -0.1) is 0 Å². The van der Waals surface area contributed by atoms with E-state index in [4.69, 9.17) is 14.2 Å². The van der Waals surface area contributed by atoms with E-state index in [1.807, 2.05) is 0 Å². The molecule has 1 aromatic carbocycles. The summed E-state index contributed by atoms with van der Waals surface area (Å²) in [7, 11) is 0. The SMILES string of the molecule is CCOC(=O)CCCC1(c2ccc(F)cc2)OCC(C)(C)CO1. The molecule has 0 radical (unpaired) electrons. The molecule has 5 heteroatoms. The number of halogens is 1. The van der Waals surface area contributed by atoms with E-state index in [1.165, 1.54) is 12.1 Å². The summed E-state index contributed by atoms with van der Waals surface area (Å²) in [6.07, 6.45) is 1.41. The fraction of sp³-hybridized carbons (Fsp3) is 0.611. The fourth-order valence-corrected chi connectivity index (χ4v) is 2.56. The molecule has 2 rings (SSSR count). The van der Waals surface area contributed by atoms with Gasteiger partial charge in [-0.3, -0.25) is 4.79 Å². The standard InChI is InChI=1S/C18H25FO4/c1-4-21-16(20)6-5-11-18(14-7-9-15(19)10-8-14)22-12-17(2,3)13-23-18/h7-10H,4-6,11-13H2,1-3H3. The molecule has 0 N–H and O–H groups in total. The van der Waals surface area contributed by atoms with Crippen molar-refractivity contribution in [1.29, 1.82) is 0 Å². The first-order valence-corrected chi connectivity index (χ1v) is 8.06. The average molecular weight is 324 g/mol. The van der Waals surface area contributed by atoms with E-state index in [0.29, 0.717) is 39.1 Å². The maximum atomic E-state index is 13.2. The molecule has 0 aliphatic carbocycles. The largest absolute Gasteiger partial charge is 0.466 e. The monoisotopic (exact) mass is 324 g/mol. The molecule has 1 fully saturated rings. The predicted octanol–water partition coefficient (Wildman–Crippen LogP) is 3.78. The lowest BCUT2D eigenvalue weighted by Gasteiger charge is -2.44. The number of hydrogen-bond donors (Lipinski definition) is 0. The van der Waals surface area contributed by atoms with Crippen molar-refractivity contribution in [3.05, 3.63) is 35.6 Å². The lowest BCUT2D eigenvalue weighted by atomic mass is 9.91. The van der Waals surface area contributed by atoms with Crippen molar-refractivity contribution < 1.29 is 23.4 Å². The van der Waals surface area contributed by atoms with Crippen molar-refractivity contribution in [3.8, 4) is 0 Å². The third-order valence-corrected chi connectivity index (χ3v) is 3.87. The normalized spacial score (nSPS) is 19.3. The molecule has 1 aliphatic rings. The van der Waals surface area contributed by atoms with Crippen LogP contribution < -0.4 is 0 Å². The quantitative estimate of drug-likeness (QED) is 0.747. The number of benzene rings is 1. The molecule has 0 atom stereocenters. The van der Waals surface area contributed by atoms with Gasteiger partial charge in [0.2, 0.25) is 0 Å². The first kappa shape index (κ1) is 17.9. The molecule has 1 aliphatic heterocycles. The molecule has 1 heterocycles. The molecule has 0 saturated carbocycles. The minimum atomic E-state index is -0.921. The van der Waals surface area contributed by atoms with Gasteiger partial charge in [0.25, 0.3) is 0 Å². The Bertz CT molecular complexity index is 514. The van der Waals surface area contributed by atoms with Crippen LogP contribution in [0.15, 0.2) is 24.3 Å². The van der Waals surface area contributed by atoms with E-state index in [2.05, 4.69) is 13.8 Å². The molecule has 0 bridgehead atoms. The zero-order chi connectivity index (χ0) is 16.9.